The number of rotatable bonds is 5. The van der Waals surface area contributed by atoms with Gasteiger partial charge in [0.05, 0.1) is 6.20 Å². The zero-order chi connectivity index (χ0) is 11.5. The van der Waals surface area contributed by atoms with Crippen molar-refractivity contribution in [3.63, 3.8) is 0 Å². The molecular formula is C11H20ClN3. The van der Waals surface area contributed by atoms with Gasteiger partial charge in [-0.1, -0.05) is 0 Å². The predicted molar refractivity (Wildman–Crippen MR) is 64.2 cm³/mol. The minimum atomic E-state index is 0.0237. The van der Waals surface area contributed by atoms with E-state index in [2.05, 4.69) is 44.0 Å². The van der Waals surface area contributed by atoms with Crippen molar-refractivity contribution >= 4 is 11.6 Å². The number of hydrogen-bond acceptors (Lipinski definition) is 2. The Bertz CT molecular complexity index is 307. The van der Waals surface area contributed by atoms with Gasteiger partial charge in [-0.15, -0.1) is 11.6 Å². The SMILES string of the molecule is CCn1cc(CN(C)C(C)(C)CCl)cn1. The molecule has 0 bridgehead atoms. The normalized spacial score (nSPS) is 12.4. The summed E-state index contributed by atoms with van der Waals surface area (Å²) in [7, 11) is 2.09. The Morgan fingerprint density at radius 2 is 2.20 bits per heavy atom. The zero-order valence-electron chi connectivity index (χ0n) is 10.00. The first-order valence-electron chi connectivity index (χ1n) is 5.28. The summed E-state index contributed by atoms with van der Waals surface area (Å²) in [5, 5.41) is 4.25. The van der Waals surface area contributed by atoms with E-state index in [1.165, 1.54) is 5.56 Å². The molecule has 0 aromatic carbocycles. The van der Waals surface area contributed by atoms with E-state index in [-0.39, 0.29) is 5.54 Å². The molecule has 0 N–H and O–H groups in total. The van der Waals surface area contributed by atoms with Crippen molar-refractivity contribution in [1.29, 1.82) is 0 Å². The summed E-state index contributed by atoms with van der Waals surface area (Å²) in [5.41, 5.74) is 1.26. The first-order chi connectivity index (χ1) is 6.99. The molecule has 1 rings (SSSR count). The number of aryl methyl sites for hydroxylation is 1. The number of halogens is 1. The molecule has 0 saturated carbocycles. The predicted octanol–water partition coefficient (Wildman–Crippen LogP) is 2.35. The second kappa shape index (κ2) is 4.99. The summed E-state index contributed by atoms with van der Waals surface area (Å²) in [6, 6.07) is 0. The molecule has 0 unspecified atom stereocenters. The first-order valence-corrected chi connectivity index (χ1v) is 5.81. The van der Waals surface area contributed by atoms with E-state index < -0.39 is 0 Å². The van der Waals surface area contributed by atoms with Gasteiger partial charge < -0.3 is 0 Å². The maximum Gasteiger partial charge on any atom is 0.0534 e. The van der Waals surface area contributed by atoms with Crippen LogP contribution in [-0.4, -0.2) is 33.1 Å². The van der Waals surface area contributed by atoms with Crippen molar-refractivity contribution in [1.82, 2.24) is 14.7 Å². The zero-order valence-corrected chi connectivity index (χ0v) is 10.8. The molecule has 1 aromatic heterocycles. The van der Waals surface area contributed by atoms with Gasteiger partial charge >= 0.3 is 0 Å². The highest BCUT2D eigenvalue weighted by Crippen LogP contribution is 2.16. The molecule has 0 aliphatic heterocycles. The van der Waals surface area contributed by atoms with Crippen LogP contribution in [0, 0.1) is 0 Å². The molecule has 1 aromatic rings. The van der Waals surface area contributed by atoms with Crippen LogP contribution >= 0.6 is 11.6 Å². The first kappa shape index (κ1) is 12.5. The lowest BCUT2D eigenvalue weighted by Crippen LogP contribution is -2.42. The fourth-order valence-corrected chi connectivity index (χ4v) is 1.45. The summed E-state index contributed by atoms with van der Waals surface area (Å²) in [6.45, 7) is 8.18. The van der Waals surface area contributed by atoms with Gasteiger partial charge in [-0.3, -0.25) is 9.58 Å². The molecular weight excluding hydrogens is 210 g/mol. The Hall–Kier alpha value is -0.540. The molecule has 3 nitrogen and oxygen atoms in total. The Morgan fingerprint density at radius 1 is 1.53 bits per heavy atom. The average Bonchev–Trinajstić information content (AvgIpc) is 2.65. The van der Waals surface area contributed by atoms with E-state index in [0.717, 1.165) is 13.1 Å². The average molecular weight is 230 g/mol. The van der Waals surface area contributed by atoms with Crippen molar-refractivity contribution in [2.45, 2.75) is 39.4 Å². The summed E-state index contributed by atoms with van der Waals surface area (Å²) < 4.78 is 1.94. The van der Waals surface area contributed by atoms with Crippen molar-refractivity contribution in [2.75, 3.05) is 12.9 Å². The highest BCUT2D eigenvalue weighted by molar-refractivity contribution is 6.18. The van der Waals surface area contributed by atoms with Crippen molar-refractivity contribution < 1.29 is 0 Å². The lowest BCUT2D eigenvalue weighted by molar-refractivity contribution is 0.170. The third-order valence-electron chi connectivity index (χ3n) is 2.79. The van der Waals surface area contributed by atoms with Crippen LogP contribution in [0.2, 0.25) is 0 Å². The third-order valence-corrected chi connectivity index (χ3v) is 3.44. The van der Waals surface area contributed by atoms with Crippen LogP contribution in [0.25, 0.3) is 0 Å². The van der Waals surface area contributed by atoms with Gasteiger partial charge in [0.25, 0.3) is 0 Å². The maximum absolute atomic E-state index is 5.92. The molecule has 0 spiro atoms. The van der Waals surface area contributed by atoms with Gasteiger partial charge in [0.2, 0.25) is 0 Å². The second-order valence-corrected chi connectivity index (χ2v) is 4.77. The molecule has 1 heterocycles. The number of hydrogen-bond donors (Lipinski definition) is 0. The minimum absolute atomic E-state index is 0.0237. The number of nitrogens with zero attached hydrogens (tertiary/aromatic N) is 3. The monoisotopic (exact) mass is 229 g/mol. The van der Waals surface area contributed by atoms with E-state index in [9.17, 15) is 0 Å². The van der Waals surface area contributed by atoms with Gasteiger partial charge in [0.1, 0.15) is 0 Å². The maximum atomic E-state index is 5.92. The quantitative estimate of drug-likeness (QED) is 0.723. The van der Waals surface area contributed by atoms with Crippen LogP contribution in [0.15, 0.2) is 12.4 Å². The van der Waals surface area contributed by atoms with E-state index >= 15 is 0 Å². The van der Waals surface area contributed by atoms with Gasteiger partial charge in [-0.25, -0.2) is 0 Å². The largest absolute Gasteiger partial charge is 0.296 e. The van der Waals surface area contributed by atoms with Crippen LogP contribution in [0.4, 0.5) is 0 Å². The lowest BCUT2D eigenvalue weighted by Gasteiger charge is -2.33. The van der Waals surface area contributed by atoms with E-state index in [4.69, 9.17) is 11.6 Å². The molecule has 0 aliphatic carbocycles. The number of aromatic nitrogens is 2. The molecule has 0 saturated heterocycles. The van der Waals surface area contributed by atoms with Crippen LogP contribution in [0.5, 0.6) is 0 Å². The molecule has 0 aliphatic rings. The second-order valence-electron chi connectivity index (χ2n) is 4.51. The van der Waals surface area contributed by atoms with Gasteiger partial charge in [0.15, 0.2) is 0 Å². The fraction of sp³-hybridized carbons (Fsp3) is 0.727. The van der Waals surface area contributed by atoms with Gasteiger partial charge in [-0.2, -0.15) is 5.10 Å². The molecule has 0 amide bonds. The van der Waals surface area contributed by atoms with Crippen molar-refractivity contribution in [3.8, 4) is 0 Å². The smallest absolute Gasteiger partial charge is 0.0534 e. The summed E-state index contributed by atoms with van der Waals surface area (Å²) in [5.74, 6) is 0.630. The Kier molecular flexibility index (Phi) is 4.17. The lowest BCUT2D eigenvalue weighted by atomic mass is 10.1. The molecule has 0 fully saturated rings. The topological polar surface area (TPSA) is 21.1 Å². The van der Waals surface area contributed by atoms with Gasteiger partial charge in [0, 0.05) is 36.3 Å². The van der Waals surface area contributed by atoms with E-state index in [1.807, 2.05) is 10.9 Å². The fourth-order valence-electron chi connectivity index (χ4n) is 1.25. The van der Waals surface area contributed by atoms with Gasteiger partial charge in [-0.05, 0) is 27.8 Å². The summed E-state index contributed by atoms with van der Waals surface area (Å²) in [4.78, 5) is 2.25. The van der Waals surface area contributed by atoms with Crippen LogP contribution in [-0.2, 0) is 13.1 Å². The standard InChI is InChI=1S/C11H20ClN3/c1-5-15-8-10(6-13-15)7-14(4)11(2,3)9-12/h6,8H,5,7,9H2,1-4H3. The molecule has 4 heteroatoms. The summed E-state index contributed by atoms with van der Waals surface area (Å²) >= 11 is 5.92. The van der Waals surface area contributed by atoms with E-state index in [0.29, 0.717) is 5.88 Å². The Labute approximate surface area is 97.0 Å². The molecule has 0 atom stereocenters. The van der Waals surface area contributed by atoms with Crippen molar-refractivity contribution in [2.24, 2.45) is 0 Å². The van der Waals surface area contributed by atoms with Crippen LogP contribution < -0.4 is 0 Å². The molecule has 86 valence electrons. The minimum Gasteiger partial charge on any atom is -0.296 e. The van der Waals surface area contributed by atoms with Crippen LogP contribution in [0.1, 0.15) is 26.3 Å². The Morgan fingerprint density at radius 3 is 2.67 bits per heavy atom. The molecule has 15 heavy (non-hydrogen) atoms. The Balaban J connectivity index is 2.61. The summed E-state index contributed by atoms with van der Waals surface area (Å²) in [6.07, 6.45) is 4.01. The highest BCUT2D eigenvalue weighted by Gasteiger charge is 2.22. The van der Waals surface area contributed by atoms with Crippen molar-refractivity contribution in [3.05, 3.63) is 18.0 Å². The number of alkyl halides is 1. The van der Waals surface area contributed by atoms with E-state index in [1.54, 1.807) is 0 Å². The molecule has 0 radical (unpaired) electrons. The third kappa shape index (κ3) is 3.21. The highest BCUT2D eigenvalue weighted by atomic mass is 35.5. The van der Waals surface area contributed by atoms with Crippen LogP contribution in [0.3, 0.4) is 0 Å².